The first kappa shape index (κ1) is 15.9. The van der Waals surface area contributed by atoms with Gasteiger partial charge in [-0.1, -0.05) is 6.07 Å². The van der Waals surface area contributed by atoms with Gasteiger partial charge in [0.1, 0.15) is 6.54 Å². The fourth-order valence-electron chi connectivity index (χ4n) is 1.64. The SMILES string of the molecule is CCOC(=O)CNS(=O)(=O)c1oc2c(F)cccc2c1Br. The number of para-hydroxylation sites is 1. The second-order valence-electron chi connectivity index (χ2n) is 3.95. The van der Waals surface area contributed by atoms with Gasteiger partial charge in [0.15, 0.2) is 11.4 Å². The van der Waals surface area contributed by atoms with Gasteiger partial charge in [-0.25, -0.2) is 12.8 Å². The van der Waals surface area contributed by atoms with E-state index in [2.05, 4.69) is 20.7 Å². The zero-order chi connectivity index (χ0) is 15.6. The number of esters is 1. The molecule has 0 saturated heterocycles. The van der Waals surface area contributed by atoms with Crippen LogP contribution >= 0.6 is 15.9 Å². The highest BCUT2D eigenvalue weighted by Crippen LogP contribution is 2.34. The molecule has 114 valence electrons. The number of carbonyl (C=O) groups is 1. The lowest BCUT2D eigenvalue weighted by atomic mass is 10.2. The Balaban J connectivity index is 2.35. The van der Waals surface area contributed by atoms with Crippen molar-refractivity contribution in [1.82, 2.24) is 4.72 Å². The molecule has 6 nitrogen and oxygen atoms in total. The molecule has 1 N–H and O–H groups in total. The Kier molecular flexibility index (Phi) is 4.64. The summed E-state index contributed by atoms with van der Waals surface area (Å²) in [5.41, 5.74) is -0.180. The zero-order valence-electron chi connectivity index (χ0n) is 10.9. The third-order valence-electron chi connectivity index (χ3n) is 2.53. The predicted octanol–water partition coefficient (Wildman–Crippen LogP) is 2.18. The Morgan fingerprint density at radius 2 is 2.19 bits per heavy atom. The molecule has 0 amide bonds. The van der Waals surface area contributed by atoms with Crippen LogP contribution in [0.25, 0.3) is 11.0 Å². The average Bonchev–Trinajstić information content (AvgIpc) is 2.77. The summed E-state index contributed by atoms with van der Waals surface area (Å²) in [6.45, 7) is 1.20. The monoisotopic (exact) mass is 379 g/mol. The summed E-state index contributed by atoms with van der Waals surface area (Å²) in [5.74, 6) is -1.40. The number of ether oxygens (including phenoxy) is 1. The van der Waals surface area contributed by atoms with Crippen molar-refractivity contribution in [3.8, 4) is 0 Å². The van der Waals surface area contributed by atoms with E-state index in [0.29, 0.717) is 0 Å². The van der Waals surface area contributed by atoms with Gasteiger partial charge in [0.05, 0.1) is 11.1 Å². The quantitative estimate of drug-likeness (QED) is 0.804. The number of nitrogens with one attached hydrogen (secondary N) is 1. The molecule has 2 rings (SSSR count). The van der Waals surface area contributed by atoms with Crippen LogP contribution in [0.1, 0.15) is 6.92 Å². The average molecular weight is 380 g/mol. The minimum absolute atomic E-state index is 0.0911. The molecular formula is C12H11BrFNO5S. The number of rotatable bonds is 5. The van der Waals surface area contributed by atoms with Crippen LogP contribution in [-0.4, -0.2) is 27.5 Å². The van der Waals surface area contributed by atoms with Gasteiger partial charge < -0.3 is 9.15 Å². The van der Waals surface area contributed by atoms with Crippen LogP contribution in [0.15, 0.2) is 32.2 Å². The maximum atomic E-state index is 13.6. The molecule has 21 heavy (non-hydrogen) atoms. The maximum absolute atomic E-state index is 13.6. The second-order valence-corrected chi connectivity index (χ2v) is 6.41. The summed E-state index contributed by atoms with van der Waals surface area (Å²) in [5, 5.41) is -0.210. The van der Waals surface area contributed by atoms with E-state index in [1.54, 1.807) is 6.92 Å². The van der Waals surface area contributed by atoms with Crippen LogP contribution in [0.2, 0.25) is 0 Å². The number of carbonyl (C=O) groups excluding carboxylic acids is 1. The summed E-state index contributed by atoms with van der Waals surface area (Å²) in [6, 6.07) is 4.09. The Morgan fingerprint density at radius 3 is 2.81 bits per heavy atom. The van der Waals surface area contributed by atoms with Gasteiger partial charge in [-0.2, -0.15) is 4.72 Å². The molecule has 9 heteroatoms. The summed E-state index contributed by atoms with van der Waals surface area (Å²) in [6.07, 6.45) is 0. The van der Waals surface area contributed by atoms with Crippen molar-refractivity contribution >= 4 is 42.9 Å². The van der Waals surface area contributed by atoms with Crippen molar-refractivity contribution in [3.63, 3.8) is 0 Å². The standard InChI is InChI=1S/C12H11BrFNO5S/c1-2-19-9(16)6-15-21(17,18)12-10(13)7-4-3-5-8(14)11(7)20-12/h3-5,15H,2,6H2,1H3. The first-order valence-electron chi connectivity index (χ1n) is 5.88. The highest BCUT2D eigenvalue weighted by molar-refractivity contribution is 9.10. The molecule has 0 bridgehead atoms. The van der Waals surface area contributed by atoms with Crippen LogP contribution in [0.4, 0.5) is 4.39 Å². The third kappa shape index (κ3) is 3.25. The van der Waals surface area contributed by atoms with E-state index in [1.165, 1.54) is 12.1 Å². The molecule has 0 aliphatic rings. The summed E-state index contributed by atoms with van der Waals surface area (Å²) in [7, 11) is -4.11. The largest absolute Gasteiger partial charge is 0.465 e. The molecule has 1 aromatic carbocycles. The lowest BCUT2D eigenvalue weighted by Crippen LogP contribution is -2.30. The van der Waals surface area contributed by atoms with E-state index in [4.69, 9.17) is 4.42 Å². The van der Waals surface area contributed by atoms with Gasteiger partial charge in [0, 0.05) is 5.39 Å². The van der Waals surface area contributed by atoms with E-state index in [-0.39, 0.29) is 22.0 Å². The number of sulfonamides is 1. The van der Waals surface area contributed by atoms with E-state index in [1.807, 2.05) is 4.72 Å². The van der Waals surface area contributed by atoms with Gasteiger partial charge >= 0.3 is 5.97 Å². The van der Waals surface area contributed by atoms with Crippen molar-refractivity contribution < 1.29 is 26.8 Å². The molecule has 0 aliphatic carbocycles. The van der Waals surface area contributed by atoms with Crippen LogP contribution in [0.3, 0.4) is 0 Å². The molecule has 0 saturated carbocycles. The van der Waals surface area contributed by atoms with Crippen molar-refractivity contribution in [3.05, 3.63) is 28.5 Å². The highest BCUT2D eigenvalue weighted by atomic mass is 79.9. The molecule has 2 aromatic rings. The van der Waals surface area contributed by atoms with Crippen LogP contribution < -0.4 is 4.72 Å². The van der Waals surface area contributed by atoms with Crippen LogP contribution in [0.5, 0.6) is 0 Å². The minimum atomic E-state index is -4.11. The molecule has 1 heterocycles. The fourth-order valence-corrected chi connectivity index (χ4v) is 3.65. The Morgan fingerprint density at radius 1 is 1.48 bits per heavy atom. The van der Waals surface area contributed by atoms with Crippen molar-refractivity contribution in [2.75, 3.05) is 13.2 Å². The molecule has 0 radical (unpaired) electrons. The smallest absolute Gasteiger partial charge is 0.321 e. The van der Waals surface area contributed by atoms with Crippen LogP contribution in [-0.2, 0) is 19.6 Å². The normalized spacial score (nSPS) is 11.8. The Hall–Kier alpha value is -1.45. The summed E-state index contributed by atoms with van der Waals surface area (Å²) in [4.78, 5) is 11.2. The van der Waals surface area contributed by atoms with Crippen molar-refractivity contribution in [1.29, 1.82) is 0 Å². The lowest BCUT2D eigenvalue weighted by Gasteiger charge is -2.04. The van der Waals surface area contributed by atoms with Gasteiger partial charge in [0.25, 0.3) is 10.0 Å². The molecular weight excluding hydrogens is 369 g/mol. The topological polar surface area (TPSA) is 85.6 Å². The van der Waals surface area contributed by atoms with Crippen molar-refractivity contribution in [2.45, 2.75) is 12.0 Å². The van der Waals surface area contributed by atoms with Gasteiger partial charge in [0.2, 0.25) is 5.09 Å². The Labute approximate surface area is 128 Å². The zero-order valence-corrected chi connectivity index (χ0v) is 13.3. The second kappa shape index (κ2) is 6.12. The number of halogens is 2. The number of hydrogen-bond acceptors (Lipinski definition) is 5. The van der Waals surface area contributed by atoms with E-state index >= 15 is 0 Å². The summed E-state index contributed by atoms with van der Waals surface area (Å²) < 4.78 is 49.5. The highest BCUT2D eigenvalue weighted by Gasteiger charge is 2.26. The molecule has 0 aliphatic heterocycles. The molecule has 0 spiro atoms. The van der Waals surface area contributed by atoms with Crippen molar-refractivity contribution in [2.24, 2.45) is 0 Å². The van der Waals surface area contributed by atoms with Gasteiger partial charge in [-0.3, -0.25) is 4.79 Å². The molecule has 0 unspecified atom stereocenters. The number of furan rings is 1. The lowest BCUT2D eigenvalue weighted by molar-refractivity contribution is -0.141. The maximum Gasteiger partial charge on any atom is 0.321 e. The number of fused-ring (bicyclic) bond motifs is 1. The minimum Gasteiger partial charge on any atom is -0.465 e. The molecule has 1 aromatic heterocycles. The van der Waals surface area contributed by atoms with Crippen LogP contribution in [0, 0.1) is 5.82 Å². The number of benzene rings is 1. The van der Waals surface area contributed by atoms with Gasteiger partial charge in [-0.15, -0.1) is 0 Å². The first-order chi connectivity index (χ1) is 9.86. The first-order valence-corrected chi connectivity index (χ1v) is 8.16. The Bertz CT molecular complexity index is 786. The van der Waals surface area contributed by atoms with Gasteiger partial charge in [-0.05, 0) is 35.0 Å². The fraction of sp³-hybridized carbons (Fsp3) is 0.250. The molecule has 0 fully saturated rings. The van der Waals surface area contributed by atoms with E-state index in [9.17, 15) is 17.6 Å². The predicted molar refractivity (Wildman–Crippen MR) is 75.7 cm³/mol. The summed E-state index contributed by atoms with van der Waals surface area (Å²) >= 11 is 3.06. The van der Waals surface area contributed by atoms with E-state index < -0.39 is 33.4 Å². The third-order valence-corrected chi connectivity index (χ3v) is 4.88. The van der Waals surface area contributed by atoms with E-state index in [0.717, 1.165) is 6.07 Å². The number of hydrogen-bond donors (Lipinski definition) is 1. The molecule has 0 atom stereocenters.